The monoisotopic (exact) mass is 409 g/mol. The maximum Gasteiger partial charge on any atom is 0.256 e. The van der Waals surface area contributed by atoms with E-state index in [1.807, 2.05) is 0 Å². The molecule has 4 nitrogen and oxygen atoms in total. The average Bonchev–Trinajstić information content (AvgIpc) is 2.50. The lowest BCUT2D eigenvalue weighted by molar-refractivity contribution is -0.129. The SMILES string of the molecule is COCOc1ccc(C2=CCC(Br)C(=O)N2CC(F)F)c(Cl)c1. The first-order valence-electron chi connectivity index (χ1n) is 6.79. The van der Waals surface area contributed by atoms with E-state index in [2.05, 4.69) is 15.9 Å². The van der Waals surface area contributed by atoms with Gasteiger partial charge in [0, 0.05) is 18.4 Å². The van der Waals surface area contributed by atoms with Crippen LogP contribution >= 0.6 is 27.5 Å². The molecule has 0 saturated carbocycles. The molecule has 1 unspecified atom stereocenters. The average molecular weight is 411 g/mol. The first-order valence-corrected chi connectivity index (χ1v) is 8.08. The third-order valence-electron chi connectivity index (χ3n) is 3.22. The van der Waals surface area contributed by atoms with Crippen LogP contribution < -0.4 is 4.74 Å². The topological polar surface area (TPSA) is 38.8 Å². The van der Waals surface area contributed by atoms with Crippen molar-refractivity contribution in [2.75, 3.05) is 20.4 Å². The Balaban J connectivity index is 2.32. The van der Waals surface area contributed by atoms with Gasteiger partial charge in [-0.15, -0.1) is 0 Å². The summed E-state index contributed by atoms with van der Waals surface area (Å²) >= 11 is 9.42. The predicted octanol–water partition coefficient (Wildman–Crippen LogP) is 3.92. The number of carbonyl (C=O) groups is 1. The second-order valence-corrected chi connectivity index (χ2v) is 6.34. The molecule has 2 rings (SSSR count). The van der Waals surface area contributed by atoms with E-state index < -0.39 is 23.7 Å². The van der Waals surface area contributed by atoms with E-state index in [0.29, 0.717) is 28.5 Å². The van der Waals surface area contributed by atoms with Gasteiger partial charge in [0.2, 0.25) is 5.91 Å². The molecule has 0 spiro atoms. The molecule has 8 heteroatoms. The number of methoxy groups -OCH3 is 1. The van der Waals surface area contributed by atoms with E-state index in [1.165, 1.54) is 7.11 Å². The summed E-state index contributed by atoms with van der Waals surface area (Å²) in [5.74, 6) is 0.0840. The van der Waals surface area contributed by atoms with Crippen LogP contribution in [0.1, 0.15) is 12.0 Å². The van der Waals surface area contributed by atoms with E-state index in [9.17, 15) is 13.6 Å². The molecule has 0 radical (unpaired) electrons. The minimum atomic E-state index is -2.64. The van der Waals surface area contributed by atoms with Gasteiger partial charge in [-0.05, 0) is 24.6 Å². The van der Waals surface area contributed by atoms with Crippen LogP contribution in [0.4, 0.5) is 8.78 Å². The van der Waals surface area contributed by atoms with Crippen molar-refractivity contribution in [3.63, 3.8) is 0 Å². The number of hydrogen-bond acceptors (Lipinski definition) is 3. The Hall–Kier alpha value is -1.18. The maximum absolute atomic E-state index is 12.8. The summed E-state index contributed by atoms with van der Waals surface area (Å²) in [5.41, 5.74) is 0.888. The third kappa shape index (κ3) is 4.43. The van der Waals surface area contributed by atoms with Crippen LogP contribution in [0.2, 0.25) is 5.02 Å². The first kappa shape index (κ1) is 18.2. The van der Waals surface area contributed by atoms with Crippen LogP contribution in [0, 0.1) is 0 Å². The number of benzene rings is 1. The summed E-state index contributed by atoms with van der Waals surface area (Å²) in [6, 6.07) is 4.84. The van der Waals surface area contributed by atoms with Crippen LogP contribution in [0.3, 0.4) is 0 Å². The predicted molar refractivity (Wildman–Crippen MR) is 87.0 cm³/mol. The summed E-state index contributed by atoms with van der Waals surface area (Å²) in [4.78, 5) is 12.7. The number of amides is 1. The van der Waals surface area contributed by atoms with Gasteiger partial charge in [-0.3, -0.25) is 4.79 Å². The molecule has 0 aliphatic carbocycles. The Morgan fingerprint density at radius 3 is 2.83 bits per heavy atom. The Kier molecular flexibility index (Phi) is 6.38. The number of halogens is 4. The van der Waals surface area contributed by atoms with Gasteiger partial charge >= 0.3 is 0 Å². The Bertz CT molecular complexity index is 612. The molecule has 1 aliphatic rings. The second kappa shape index (κ2) is 8.08. The molecule has 1 aromatic rings. The van der Waals surface area contributed by atoms with E-state index in [0.717, 1.165) is 4.90 Å². The van der Waals surface area contributed by atoms with Crippen molar-refractivity contribution in [3.8, 4) is 5.75 Å². The smallest absolute Gasteiger partial charge is 0.256 e. The number of hydrogen-bond donors (Lipinski definition) is 0. The summed E-state index contributed by atoms with van der Waals surface area (Å²) in [7, 11) is 1.49. The Labute approximate surface area is 146 Å². The van der Waals surface area contributed by atoms with Crippen LogP contribution in [-0.2, 0) is 9.53 Å². The summed E-state index contributed by atoms with van der Waals surface area (Å²) in [5, 5.41) is 0.310. The maximum atomic E-state index is 12.8. The molecule has 1 amide bonds. The van der Waals surface area contributed by atoms with Crippen molar-refractivity contribution in [1.82, 2.24) is 4.90 Å². The van der Waals surface area contributed by atoms with Crippen LogP contribution in [0.25, 0.3) is 5.70 Å². The van der Waals surface area contributed by atoms with Crippen molar-refractivity contribution >= 4 is 39.1 Å². The molecule has 0 saturated heterocycles. The third-order valence-corrected chi connectivity index (χ3v) is 4.30. The normalized spacial score (nSPS) is 18.3. The van der Waals surface area contributed by atoms with E-state index in [4.69, 9.17) is 21.1 Å². The zero-order valence-electron chi connectivity index (χ0n) is 12.3. The number of rotatable bonds is 6. The van der Waals surface area contributed by atoms with Crippen molar-refractivity contribution in [2.45, 2.75) is 17.7 Å². The number of alkyl halides is 3. The van der Waals surface area contributed by atoms with Gasteiger partial charge in [0.1, 0.15) is 5.75 Å². The molecule has 0 fully saturated rings. The van der Waals surface area contributed by atoms with Crippen molar-refractivity contribution in [2.24, 2.45) is 0 Å². The fraction of sp³-hybridized carbons (Fsp3) is 0.400. The summed E-state index contributed by atoms with van der Waals surface area (Å²) in [6.45, 7) is -0.606. The van der Waals surface area contributed by atoms with Gasteiger partial charge in [0.05, 0.1) is 16.4 Å². The molecule has 126 valence electrons. The van der Waals surface area contributed by atoms with E-state index in [1.54, 1.807) is 24.3 Å². The molecule has 0 aromatic heterocycles. The van der Waals surface area contributed by atoms with Gasteiger partial charge < -0.3 is 14.4 Å². The van der Waals surface area contributed by atoms with Gasteiger partial charge in [-0.25, -0.2) is 8.78 Å². The second-order valence-electron chi connectivity index (χ2n) is 4.83. The molecule has 1 heterocycles. The number of nitrogens with zero attached hydrogens (tertiary/aromatic N) is 1. The highest BCUT2D eigenvalue weighted by atomic mass is 79.9. The van der Waals surface area contributed by atoms with Crippen molar-refractivity contribution in [1.29, 1.82) is 0 Å². The Morgan fingerprint density at radius 2 is 2.22 bits per heavy atom. The van der Waals surface area contributed by atoms with E-state index >= 15 is 0 Å². The van der Waals surface area contributed by atoms with Gasteiger partial charge in [-0.2, -0.15) is 0 Å². The highest BCUT2D eigenvalue weighted by Gasteiger charge is 2.32. The largest absolute Gasteiger partial charge is 0.468 e. The van der Waals surface area contributed by atoms with Crippen LogP contribution in [0.15, 0.2) is 24.3 Å². The highest BCUT2D eigenvalue weighted by Crippen LogP contribution is 2.34. The van der Waals surface area contributed by atoms with Gasteiger partial charge in [0.15, 0.2) is 6.79 Å². The van der Waals surface area contributed by atoms with Crippen LogP contribution in [0.5, 0.6) is 5.75 Å². The summed E-state index contributed by atoms with van der Waals surface area (Å²) in [6.07, 6.45) is -0.505. The zero-order chi connectivity index (χ0) is 17.0. The lowest BCUT2D eigenvalue weighted by atomic mass is 10.0. The van der Waals surface area contributed by atoms with Gasteiger partial charge in [0.25, 0.3) is 6.43 Å². The van der Waals surface area contributed by atoms with E-state index in [-0.39, 0.29) is 6.79 Å². The molecule has 0 N–H and O–H groups in total. The molecule has 1 aromatic carbocycles. The fourth-order valence-corrected chi connectivity index (χ4v) is 2.92. The molecule has 1 aliphatic heterocycles. The molecule has 0 bridgehead atoms. The first-order chi connectivity index (χ1) is 10.9. The summed E-state index contributed by atoms with van der Waals surface area (Å²) < 4.78 is 35.7. The lowest BCUT2D eigenvalue weighted by Crippen LogP contribution is -2.41. The number of allylic oxidation sites excluding steroid dienone is 1. The molecular weight excluding hydrogens is 396 g/mol. The fourth-order valence-electron chi connectivity index (χ4n) is 2.22. The minimum Gasteiger partial charge on any atom is -0.468 e. The lowest BCUT2D eigenvalue weighted by Gasteiger charge is -2.31. The zero-order valence-corrected chi connectivity index (χ0v) is 14.6. The highest BCUT2D eigenvalue weighted by molar-refractivity contribution is 9.10. The quantitative estimate of drug-likeness (QED) is 0.527. The number of carbonyl (C=O) groups excluding carboxylic acids is 1. The van der Waals surface area contributed by atoms with Gasteiger partial charge in [-0.1, -0.05) is 33.6 Å². The standard InChI is InChI=1S/C15H15BrClF2NO3/c1-22-8-23-9-2-3-10(12(17)6-9)13-5-4-11(16)15(21)20(13)7-14(18)19/h2-3,5-6,11,14H,4,7-8H2,1H3. The minimum absolute atomic E-state index is 0.0691. The van der Waals surface area contributed by atoms with Crippen molar-refractivity contribution < 1.29 is 23.0 Å². The molecule has 23 heavy (non-hydrogen) atoms. The van der Waals surface area contributed by atoms with Crippen LogP contribution in [-0.4, -0.2) is 42.5 Å². The molecular formula is C15H15BrClF2NO3. The molecule has 1 atom stereocenters. The number of ether oxygens (including phenoxy) is 2. The van der Waals surface area contributed by atoms with Crippen molar-refractivity contribution in [3.05, 3.63) is 34.9 Å². The Morgan fingerprint density at radius 1 is 1.48 bits per heavy atom.